The van der Waals surface area contributed by atoms with E-state index in [1.54, 1.807) is 0 Å². The van der Waals surface area contributed by atoms with Crippen molar-refractivity contribution >= 4 is 5.97 Å². The number of rotatable bonds is 24. The Morgan fingerprint density at radius 3 is 1.29 bits per heavy atom. The summed E-state index contributed by atoms with van der Waals surface area (Å²) >= 11 is 0. The van der Waals surface area contributed by atoms with E-state index in [-0.39, 0.29) is 5.97 Å². The van der Waals surface area contributed by atoms with Gasteiger partial charge in [-0.1, -0.05) is 143 Å². The van der Waals surface area contributed by atoms with Crippen molar-refractivity contribution in [3.05, 3.63) is 0 Å². The third kappa shape index (κ3) is 24.0. The molecule has 0 aliphatic carbocycles. The lowest BCUT2D eigenvalue weighted by Gasteiger charge is -2.17. The fourth-order valence-corrected chi connectivity index (χ4v) is 4.39. The maximum atomic E-state index is 12.3. The molecule has 0 radical (unpaired) electrons. The van der Waals surface area contributed by atoms with E-state index in [1.807, 2.05) is 0 Å². The lowest BCUT2D eigenvalue weighted by molar-refractivity contribution is -0.146. The van der Waals surface area contributed by atoms with Crippen LogP contribution in [-0.2, 0) is 9.53 Å². The molecule has 0 N–H and O–H groups in total. The SMILES string of the molecule is CCCCCCCCCCCCC(CCCCCCCCCC)CC(=O)OCC(C)C. The minimum atomic E-state index is 0.0327. The lowest BCUT2D eigenvalue weighted by atomic mass is 9.91. The van der Waals surface area contributed by atoms with Gasteiger partial charge in [0.15, 0.2) is 0 Å². The average Bonchev–Trinajstić information content (AvgIpc) is 2.75. The van der Waals surface area contributed by atoms with Gasteiger partial charge in [-0.25, -0.2) is 0 Å². The number of unbranched alkanes of at least 4 members (excludes halogenated alkanes) is 16. The summed E-state index contributed by atoms with van der Waals surface area (Å²) in [6.07, 6.45) is 27.8. The molecule has 0 aromatic rings. The van der Waals surface area contributed by atoms with Crippen LogP contribution in [0.4, 0.5) is 0 Å². The van der Waals surface area contributed by atoms with Gasteiger partial charge in [0.25, 0.3) is 0 Å². The Kier molecular flexibility index (Phi) is 23.7. The molecule has 0 aromatic carbocycles. The molecule has 0 saturated heterocycles. The van der Waals surface area contributed by atoms with E-state index in [0.29, 0.717) is 24.9 Å². The fraction of sp³-hybridized carbons (Fsp3) is 0.966. The van der Waals surface area contributed by atoms with Crippen molar-refractivity contribution in [1.29, 1.82) is 0 Å². The van der Waals surface area contributed by atoms with Gasteiger partial charge in [-0.2, -0.15) is 0 Å². The minimum absolute atomic E-state index is 0.0327. The topological polar surface area (TPSA) is 26.3 Å². The Morgan fingerprint density at radius 1 is 0.581 bits per heavy atom. The summed E-state index contributed by atoms with van der Waals surface area (Å²) in [5.74, 6) is 0.997. The van der Waals surface area contributed by atoms with Gasteiger partial charge < -0.3 is 4.74 Å². The van der Waals surface area contributed by atoms with Crippen molar-refractivity contribution in [1.82, 2.24) is 0 Å². The van der Waals surface area contributed by atoms with Crippen LogP contribution in [0, 0.1) is 11.8 Å². The third-order valence-electron chi connectivity index (χ3n) is 6.46. The molecule has 0 aromatic heterocycles. The van der Waals surface area contributed by atoms with Crippen LogP contribution in [0.2, 0.25) is 0 Å². The summed E-state index contributed by atoms with van der Waals surface area (Å²) in [6, 6.07) is 0. The first-order chi connectivity index (χ1) is 15.1. The van der Waals surface area contributed by atoms with Crippen molar-refractivity contribution in [2.24, 2.45) is 11.8 Å². The molecular formula is C29H58O2. The second-order valence-electron chi connectivity index (χ2n) is 10.4. The summed E-state index contributed by atoms with van der Waals surface area (Å²) in [7, 11) is 0. The quantitative estimate of drug-likeness (QED) is 0.111. The smallest absolute Gasteiger partial charge is 0.306 e. The minimum Gasteiger partial charge on any atom is -0.465 e. The van der Waals surface area contributed by atoms with Crippen molar-refractivity contribution in [2.45, 2.75) is 163 Å². The van der Waals surface area contributed by atoms with E-state index < -0.39 is 0 Å². The molecule has 2 nitrogen and oxygen atoms in total. The van der Waals surface area contributed by atoms with Gasteiger partial charge in [-0.3, -0.25) is 4.79 Å². The van der Waals surface area contributed by atoms with Gasteiger partial charge in [-0.05, 0) is 24.7 Å². The van der Waals surface area contributed by atoms with Gasteiger partial charge in [-0.15, -0.1) is 0 Å². The summed E-state index contributed by atoms with van der Waals surface area (Å²) in [6.45, 7) is 9.35. The number of ether oxygens (including phenoxy) is 1. The van der Waals surface area contributed by atoms with E-state index in [2.05, 4.69) is 27.7 Å². The fourth-order valence-electron chi connectivity index (χ4n) is 4.39. The van der Waals surface area contributed by atoms with Gasteiger partial charge in [0.05, 0.1) is 6.61 Å². The maximum absolute atomic E-state index is 12.3. The zero-order chi connectivity index (χ0) is 23.0. The molecule has 0 bridgehead atoms. The van der Waals surface area contributed by atoms with E-state index in [0.717, 1.165) is 0 Å². The summed E-state index contributed by atoms with van der Waals surface area (Å²) < 4.78 is 5.48. The van der Waals surface area contributed by atoms with E-state index in [9.17, 15) is 4.79 Å². The molecule has 0 saturated carbocycles. The van der Waals surface area contributed by atoms with Crippen LogP contribution in [0.1, 0.15) is 163 Å². The number of carbonyl (C=O) groups excluding carboxylic acids is 1. The maximum Gasteiger partial charge on any atom is 0.306 e. The molecule has 0 amide bonds. The highest BCUT2D eigenvalue weighted by molar-refractivity contribution is 5.69. The van der Waals surface area contributed by atoms with Gasteiger partial charge in [0, 0.05) is 6.42 Å². The largest absolute Gasteiger partial charge is 0.465 e. The predicted molar refractivity (Wildman–Crippen MR) is 138 cm³/mol. The van der Waals surface area contributed by atoms with Crippen molar-refractivity contribution in [2.75, 3.05) is 6.61 Å². The summed E-state index contributed by atoms with van der Waals surface area (Å²) in [5.41, 5.74) is 0. The number of esters is 1. The standard InChI is InChI=1S/C29H58O2/c1-5-7-9-11-13-15-16-18-20-22-24-28(25-29(30)31-26-27(3)4)23-21-19-17-14-12-10-8-6-2/h27-28H,5-26H2,1-4H3. The van der Waals surface area contributed by atoms with Crippen LogP contribution in [0.5, 0.6) is 0 Å². The molecular weight excluding hydrogens is 380 g/mol. The second kappa shape index (κ2) is 24.1. The summed E-state index contributed by atoms with van der Waals surface area (Å²) in [4.78, 5) is 12.3. The third-order valence-corrected chi connectivity index (χ3v) is 6.46. The normalized spacial score (nSPS) is 12.4. The first-order valence-electron chi connectivity index (χ1n) is 14.3. The first-order valence-corrected chi connectivity index (χ1v) is 14.3. The highest BCUT2D eigenvalue weighted by Crippen LogP contribution is 2.23. The lowest BCUT2D eigenvalue weighted by Crippen LogP contribution is -2.14. The molecule has 31 heavy (non-hydrogen) atoms. The Hall–Kier alpha value is -0.530. The molecule has 0 heterocycles. The van der Waals surface area contributed by atoms with E-state index in [1.165, 1.54) is 128 Å². The highest BCUT2D eigenvalue weighted by Gasteiger charge is 2.15. The zero-order valence-electron chi connectivity index (χ0n) is 22.0. The molecule has 0 aliphatic rings. The molecule has 186 valence electrons. The van der Waals surface area contributed by atoms with Crippen molar-refractivity contribution in [3.63, 3.8) is 0 Å². The Bertz CT molecular complexity index is 364. The molecule has 1 unspecified atom stereocenters. The number of hydrogen-bond donors (Lipinski definition) is 0. The molecule has 0 rings (SSSR count). The van der Waals surface area contributed by atoms with Crippen LogP contribution in [0.3, 0.4) is 0 Å². The number of carbonyl (C=O) groups is 1. The Morgan fingerprint density at radius 2 is 0.935 bits per heavy atom. The Labute approximate surface area is 196 Å². The molecule has 0 aliphatic heterocycles. The van der Waals surface area contributed by atoms with E-state index >= 15 is 0 Å². The predicted octanol–water partition coefficient (Wildman–Crippen LogP) is 10.0. The number of hydrogen-bond acceptors (Lipinski definition) is 2. The van der Waals surface area contributed by atoms with Crippen LogP contribution in [0.15, 0.2) is 0 Å². The Balaban J connectivity index is 3.95. The van der Waals surface area contributed by atoms with Crippen molar-refractivity contribution < 1.29 is 9.53 Å². The van der Waals surface area contributed by atoms with E-state index in [4.69, 9.17) is 4.74 Å². The molecule has 1 atom stereocenters. The van der Waals surface area contributed by atoms with Crippen LogP contribution in [-0.4, -0.2) is 12.6 Å². The summed E-state index contributed by atoms with van der Waals surface area (Å²) in [5, 5.41) is 0. The van der Waals surface area contributed by atoms with Gasteiger partial charge >= 0.3 is 5.97 Å². The van der Waals surface area contributed by atoms with Gasteiger partial charge in [0.1, 0.15) is 0 Å². The second-order valence-corrected chi connectivity index (χ2v) is 10.4. The molecule has 0 fully saturated rings. The van der Waals surface area contributed by atoms with Crippen molar-refractivity contribution in [3.8, 4) is 0 Å². The monoisotopic (exact) mass is 438 g/mol. The van der Waals surface area contributed by atoms with Crippen LogP contribution in [0.25, 0.3) is 0 Å². The molecule has 2 heteroatoms. The zero-order valence-corrected chi connectivity index (χ0v) is 22.0. The highest BCUT2D eigenvalue weighted by atomic mass is 16.5. The average molecular weight is 439 g/mol. The molecule has 0 spiro atoms. The van der Waals surface area contributed by atoms with Crippen LogP contribution >= 0.6 is 0 Å². The first kappa shape index (κ1) is 30.5. The van der Waals surface area contributed by atoms with Gasteiger partial charge in [0.2, 0.25) is 0 Å². The van der Waals surface area contributed by atoms with Crippen LogP contribution < -0.4 is 0 Å².